The van der Waals surface area contributed by atoms with E-state index in [1.54, 1.807) is 6.20 Å². The number of nitrogens with one attached hydrogen (secondary N) is 2. The number of amides is 1. The Hall–Kier alpha value is -3.58. The lowest BCUT2D eigenvalue weighted by molar-refractivity contribution is 0.100. The quantitative estimate of drug-likeness (QED) is 0.491. The van der Waals surface area contributed by atoms with E-state index in [1.807, 2.05) is 25.2 Å². The molecule has 30 heavy (non-hydrogen) atoms. The van der Waals surface area contributed by atoms with Gasteiger partial charge in [-0.2, -0.15) is 0 Å². The van der Waals surface area contributed by atoms with Crippen LogP contribution in [0.5, 0.6) is 0 Å². The number of carbonyl (C=O) groups excluding carboxylic acids is 1. The van der Waals surface area contributed by atoms with Gasteiger partial charge in [0, 0.05) is 73.3 Å². The summed E-state index contributed by atoms with van der Waals surface area (Å²) in [5, 5.41) is 4.51. The highest BCUT2D eigenvalue weighted by Gasteiger charge is 2.21. The summed E-state index contributed by atoms with van der Waals surface area (Å²) >= 11 is 0. The van der Waals surface area contributed by atoms with E-state index in [0.29, 0.717) is 5.56 Å². The molecule has 1 aliphatic heterocycles. The predicted molar refractivity (Wildman–Crippen MR) is 120 cm³/mol. The van der Waals surface area contributed by atoms with Gasteiger partial charge in [0.2, 0.25) is 0 Å². The maximum absolute atomic E-state index is 12.1. The van der Waals surface area contributed by atoms with Crippen molar-refractivity contribution in [2.75, 3.05) is 31.1 Å². The number of aryl methyl sites for hydroxylation is 1. The Morgan fingerprint density at radius 1 is 1.07 bits per heavy atom. The molecule has 0 spiro atoms. The fourth-order valence-corrected chi connectivity index (χ4v) is 4.12. The Bertz CT molecular complexity index is 1230. The molecule has 5 rings (SSSR count). The predicted octanol–water partition coefficient (Wildman–Crippen LogP) is 2.74. The first-order valence-corrected chi connectivity index (χ1v) is 10.1. The third kappa shape index (κ3) is 3.23. The summed E-state index contributed by atoms with van der Waals surface area (Å²) in [5.74, 6) is 0.373. The molecule has 7 nitrogen and oxygen atoms in total. The van der Waals surface area contributed by atoms with Crippen LogP contribution in [-0.2, 0) is 7.05 Å². The van der Waals surface area contributed by atoms with Gasteiger partial charge in [-0.05, 0) is 36.4 Å². The van der Waals surface area contributed by atoms with Gasteiger partial charge in [0.15, 0.2) is 0 Å². The summed E-state index contributed by atoms with van der Waals surface area (Å²) in [6.45, 7) is 3.43. The van der Waals surface area contributed by atoms with Crippen molar-refractivity contribution in [1.29, 1.82) is 0 Å². The summed E-state index contributed by atoms with van der Waals surface area (Å²) in [6.07, 6.45) is 3.86. The number of aromatic amines is 1. The van der Waals surface area contributed by atoms with Crippen molar-refractivity contribution in [3.8, 4) is 22.5 Å². The summed E-state index contributed by atoms with van der Waals surface area (Å²) in [7, 11) is 2.04. The number of carbonyl (C=O) groups is 1. The Morgan fingerprint density at radius 2 is 1.90 bits per heavy atom. The molecule has 152 valence electrons. The zero-order valence-electron chi connectivity index (χ0n) is 16.9. The number of primary amides is 1. The lowest BCUT2D eigenvalue weighted by Gasteiger charge is -2.28. The van der Waals surface area contributed by atoms with Gasteiger partial charge >= 0.3 is 0 Å². The number of nitrogens with zero attached hydrogens (tertiary/aromatic N) is 3. The summed E-state index contributed by atoms with van der Waals surface area (Å²) in [5.41, 5.74) is 11.2. The molecule has 0 aliphatic carbocycles. The molecule has 4 heterocycles. The number of piperazine rings is 1. The largest absolute Gasteiger partial charge is 0.365 e. The molecule has 1 aliphatic rings. The average Bonchev–Trinajstić information content (AvgIpc) is 3.39. The number of pyridine rings is 1. The minimum absolute atomic E-state index is 0.421. The molecular weight excluding hydrogens is 376 g/mol. The van der Waals surface area contributed by atoms with Crippen LogP contribution in [0.15, 0.2) is 54.9 Å². The van der Waals surface area contributed by atoms with Crippen LogP contribution in [0.3, 0.4) is 0 Å². The number of hydrogen-bond acceptors (Lipinski definition) is 4. The van der Waals surface area contributed by atoms with Crippen LogP contribution in [0.1, 0.15) is 10.4 Å². The van der Waals surface area contributed by atoms with Crippen molar-refractivity contribution in [3.05, 3.63) is 60.4 Å². The van der Waals surface area contributed by atoms with Crippen LogP contribution >= 0.6 is 0 Å². The fraction of sp³-hybridized carbons (Fsp3) is 0.217. The zero-order chi connectivity index (χ0) is 20.7. The molecular formula is C23H24N6O. The molecule has 3 aromatic heterocycles. The van der Waals surface area contributed by atoms with Gasteiger partial charge in [-0.25, -0.2) is 0 Å². The second-order valence-corrected chi connectivity index (χ2v) is 7.68. The van der Waals surface area contributed by atoms with Crippen molar-refractivity contribution in [1.82, 2.24) is 19.9 Å². The van der Waals surface area contributed by atoms with Crippen LogP contribution in [0, 0.1) is 0 Å². The Labute approximate surface area is 174 Å². The molecule has 7 heteroatoms. The number of benzene rings is 1. The van der Waals surface area contributed by atoms with Gasteiger partial charge in [-0.15, -0.1) is 0 Å². The molecule has 1 fully saturated rings. The molecule has 1 amide bonds. The first-order valence-electron chi connectivity index (χ1n) is 10.1. The van der Waals surface area contributed by atoms with Crippen LogP contribution in [0.2, 0.25) is 0 Å². The molecule has 4 aromatic rings. The topological polar surface area (TPSA) is 92.0 Å². The van der Waals surface area contributed by atoms with E-state index in [0.717, 1.165) is 54.5 Å². The van der Waals surface area contributed by atoms with Crippen molar-refractivity contribution >= 4 is 22.6 Å². The summed E-state index contributed by atoms with van der Waals surface area (Å²) in [4.78, 5) is 22.2. The molecule has 4 N–H and O–H groups in total. The first kappa shape index (κ1) is 18.4. The van der Waals surface area contributed by atoms with Gasteiger partial charge in [0.1, 0.15) is 5.82 Å². The minimum atomic E-state index is -0.421. The Morgan fingerprint density at radius 3 is 2.70 bits per heavy atom. The molecule has 1 saturated heterocycles. The van der Waals surface area contributed by atoms with Crippen LogP contribution in [0.25, 0.3) is 33.4 Å². The molecule has 0 saturated carbocycles. The standard InChI is InChI=1S/C23H24N6O/c1-28-9-5-17-12-15(2-3-21(17)28)19-13-16(4-6-26-19)20-14-18(22(24)30)23(27-20)29-10-7-25-8-11-29/h2-6,9,12-14,25,27H,7-8,10-11H2,1H3,(H2,24,30). The number of hydrogen-bond donors (Lipinski definition) is 3. The van der Waals surface area contributed by atoms with Crippen molar-refractivity contribution in [2.24, 2.45) is 12.8 Å². The monoisotopic (exact) mass is 400 g/mol. The number of fused-ring (bicyclic) bond motifs is 1. The number of aromatic nitrogens is 3. The second-order valence-electron chi connectivity index (χ2n) is 7.68. The van der Waals surface area contributed by atoms with Gasteiger partial charge in [0.05, 0.1) is 11.3 Å². The third-order valence-electron chi connectivity index (χ3n) is 5.75. The number of anilines is 1. The first-order chi connectivity index (χ1) is 14.6. The van der Waals surface area contributed by atoms with E-state index in [1.165, 1.54) is 10.9 Å². The highest BCUT2D eigenvalue weighted by molar-refractivity contribution is 6.00. The van der Waals surface area contributed by atoms with E-state index in [4.69, 9.17) is 5.73 Å². The second kappa shape index (κ2) is 7.35. The maximum atomic E-state index is 12.1. The highest BCUT2D eigenvalue weighted by atomic mass is 16.1. The van der Waals surface area contributed by atoms with E-state index in [2.05, 4.69) is 55.2 Å². The van der Waals surface area contributed by atoms with E-state index < -0.39 is 5.91 Å². The normalized spacial score (nSPS) is 14.4. The van der Waals surface area contributed by atoms with E-state index in [-0.39, 0.29) is 0 Å². The van der Waals surface area contributed by atoms with Crippen LogP contribution in [-0.4, -0.2) is 46.6 Å². The van der Waals surface area contributed by atoms with Crippen molar-refractivity contribution in [2.45, 2.75) is 0 Å². The van der Waals surface area contributed by atoms with Gasteiger partial charge in [-0.3, -0.25) is 9.78 Å². The van der Waals surface area contributed by atoms with Gasteiger partial charge < -0.3 is 25.5 Å². The molecule has 0 bridgehead atoms. The maximum Gasteiger partial charge on any atom is 0.252 e. The molecule has 0 atom stereocenters. The molecule has 1 aromatic carbocycles. The van der Waals surface area contributed by atoms with Gasteiger partial charge in [-0.1, -0.05) is 6.07 Å². The third-order valence-corrected chi connectivity index (χ3v) is 5.75. The molecule has 0 radical (unpaired) electrons. The van der Waals surface area contributed by atoms with Crippen molar-refractivity contribution in [3.63, 3.8) is 0 Å². The Kier molecular flexibility index (Phi) is 4.52. The van der Waals surface area contributed by atoms with Crippen LogP contribution in [0.4, 0.5) is 5.82 Å². The lowest BCUT2D eigenvalue weighted by Crippen LogP contribution is -2.44. The van der Waals surface area contributed by atoms with E-state index in [9.17, 15) is 4.79 Å². The highest BCUT2D eigenvalue weighted by Crippen LogP contribution is 2.30. The van der Waals surface area contributed by atoms with Gasteiger partial charge in [0.25, 0.3) is 5.91 Å². The zero-order valence-corrected chi connectivity index (χ0v) is 16.9. The Balaban J connectivity index is 1.53. The van der Waals surface area contributed by atoms with E-state index >= 15 is 0 Å². The number of H-pyrrole nitrogens is 1. The summed E-state index contributed by atoms with van der Waals surface area (Å²) < 4.78 is 2.10. The van der Waals surface area contributed by atoms with Crippen LogP contribution < -0.4 is 16.0 Å². The number of nitrogens with two attached hydrogens (primary N) is 1. The smallest absolute Gasteiger partial charge is 0.252 e. The van der Waals surface area contributed by atoms with Crippen molar-refractivity contribution < 1.29 is 4.79 Å². The number of rotatable bonds is 4. The molecule has 0 unspecified atom stereocenters. The average molecular weight is 400 g/mol. The minimum Gasteiger partial charge on any atom is -0.365 e. The SMILES string of the molecule is Cn1ccc2cc(-c3cc(-c4cc(C(N)=O)c(N5CCNCC5)[nH]4)ccn3)ccc21. The lowest BCUT2D eigenvalue weighted by atomic mass is 10.1. The summed E-state index contributed by atoms with van der Waals surface area (Å²) in [6, 6.07) is 14.3. The fourth-order valence-electron chi connectivity index (χ4n) is 4.12.